The molecule has 0 bridgehead atoms. The number of benzene rings is 1. The van der Waals surface area contributed by atoms with E-state index in [0.29, 0.717) is 0 Å². The van der Waals surface area contributed by atoms with E-state index in [1.165, 1.54) is 6.92 Å². The zero-order chi connectivity index (χ0) is 12.8. The fraction of sp³-hybridized carbons (Fsp3) is 0.333. The molecular formula is C12H16N2O3. The lowest BCUT2D eigenvalue weighted by atomic mass is 10.1. The van der Waals surface area contributed by atoms with Gasteiger partial charge in [-0.3, -0.25) is 9.59 Å². The standard InChI is InChI=1S/C12H16N2O3/c1-8(11(13)16)14-12(17)10(15)7-9-5-3-2-4-6-9/h2-6,8,10,15H,7H2,1H3,(H2,13,16)(H,14,17)/t8-,10-/m0/s1. The van der Waals surface area contributed by atoms with E-state index < -0.39 is 24.0 Å². The second-order valence-electron chi connectivity index (χ2n) is 3.84. The van der Waals surface area contributed by atoms with Crippen LogP contribution in [0.2, 0.25) is 0 Å². The lowest BCUT2D eigenvalue weighted by Gasteiger charge is -2.14. The SMILES string of the molecule is C[C@H](NC(=O)[C@@H](O)Cc1ccccc1)C(N)=O. The average molecular weight is 236 g/mol. The molecule has 1 rings (SSSR count). The highest BCUT2D eigenvalue weighted by atomic mass is 16.3. The zero-order valence-electron chi connectivity index (χ0n) is 9.59. The van der Waals surface area contributed by atoms with E-state index >= 15 is 0 Å². The van der Waals surface area contributed by atoms with Crippen molar-refractivity contribution < 1.29 is 14.7 Å². The van der Waals surface area contributed by atoms with Crippen LogP contribution in [0.25, 0.3) is 0 Å². The molecule has 0 unspecified atom stereocenters. The van der Waals surface area contributed by atoms with Gasteiger partial charge < -0.3 is 16.2 Å². The molecule has 0 fully saturated rings. The molecule has 2 atom stereocenters. The molecule has 1 aromatic carbocycles. The molecule has 92 valence electrons. The molecule has 0 saturated heterocycles. The van der Waals surface area contributed by atoms with E-state index in [1.807, 2.05) is 30.3 Å². The van der Waals surface area contributed by atoms with Crippen molar-refractivity contribution in [3.05, 3.63) is 35.9 Å². The molecule has 4 N–H and O–H groups in total. The number of primary amides is 1. The number of carbonyl (C=O) groups excluding carboxylic acids is 2. The zero-order valence-corrected chi connectivity index (χ0v) is 9.59. The van der Waals surface area contributed by atoms with E-state index in [1.54, 1.807) is 0 Å². The van der Waals surface area contributed by atoms with Crippen LogP contribution in [0.3, 0.4) is 0 Å². The van der Waals surface area contributed by atoms with Crippen LogP contribution >= 0.6 is 0 Å². The Kier molecular flexibility index (Phi) is 4.66. The summed E-state index contributed by atoms with van der Waals surface area (Å²) in [6.45, 7) is 1.47. The van der Waals surface area contributed by atoms with Crippen molar-refractivity contribution in [3.8, 4) is 0 Å². The molecule has 17 heavy (non-hydrogen) atoms. The largest absolute Gasteiger partial charge is 0.383 e. The fourth-order valence-electron chi connectivity index (χ4n) is 1.31. The van der Waals surface area contributed by atoms with Crippen LogP contribution in [-0.2, 0) is 16.0 Å². The van der Waals surface area contributed by atoms with E-state index in [4.69, 9.17) is 5.73 Å². The summed E-state index contributed by atoms with van der Waals surface area (Å²) in [5, 5.41) is 12.0. The van der Waals surface area contributed by atoms with Crippen molar-refractivity contribution in [1.82, 2.24) is 5.32 Å². The van der Waals surface area contributed by atoms with Gasteiger partial charge in [0, 0.05) is 6.42 Å². The molecule has 0 aliphatic heterocycles. The Labute approximate surface area is 99.6 Å². The summed E-state index contributed by atoms with van der Waals surface area (Å²) in [7, 11) is 0. The second-order valence-corrected chi connectivity index (χ2v) is 3.84. The number of carbonyl (C=O) groups is 2. The maximum atomic E-state index is 11.5. The van der Waals surface area contributed by atoms with Crippen molar-refractivity contribution in [1.29, 1.82) is 0 Å². The van der Waals surface area contributed by atoms with Crippen LogP contribution in [0.1, 0.15) is 12.5 Å². The molecule has 0 aromatic heterocycles. The van der Waals surface area contributed by atoms with Crippen molar-refractivity contribution in [2.24, 2.45) is 5.73 Å². The van der Waals surface area contributed by atoms with E-state index in [9.17, 15) is 14.7 Å². The lowest BCUT2D eigenvalue weighted by molar-refractivity contribution is -0.132. The monoisotopic (exact) mass is 236 g/mol. The Morgan fingerprint density at radius 1 is 1.35 bits per heavy atom. The molecule has 2 amide bonds. The predicted octanol–water partition coefficient (Wildman–Crippen LogP) is -0.420. The van der Waals surface area contributed by atoms with Gasteiger partial charge in [0.15, 0.2) is 0 Å². The van der Waals surface area contributed by atoms with Gasteiger partial charge >= 0.3 is 0 Å². The third-order valence-corrected chi connectivity index (χ3v) is 2.36. The molecule has 0 aliphatic rings. The maximum Gasteiger partial charge on any atom is 0.249 e. The first-order chi connectivity index (χ1) is 8.00. The van der Waals surface area contributed by atoms with Crippen molar-refractivity contribution >= 4 is 11.8 Å². The Balaban J connectivity index is 2.50. The Morgan fingerprint density at radius 2 is 1.94 bits per heavy atom. The van der Waals surface area contributed by atoms with Gasteiger partial charge in [-0.1, -0.05) is 30.3 Å². The first-order valence-corrected chi connectivity index (χ1v) is 5.32. The van der Waals surface area contributed by atoms with Crippen LogP contribution in [0.15, 0.2) is 30.3 Å². The highest BCUT2D eigenvalue weighted by Crippen LogP contribution is 2.03. The highest BCUT2D eigenvalue weighted by molar-refractivity contribution is 5.88. The van der Waals surface area contributed by atoms with Gasteiger partial charge in [0.05, 0.1) is 0 Å². The summed E-state index contributed by atoms with van der Waals surface area (Å²) < 4.78 is 0. The van der Waals surface area contributed by atoms with Crippen molar-refractivity contribution in [2.75, 3.05) is 0 Å². The normalized spacial score (nSPS) is 13.8. The second kappa shape index (κ2) is 6.00. The van der Waals surface area contributed by atoms with Crippen LogP contribution < -0.4 is 11.1 Å². The van der Waals surface area contributed by atoms with Gasteiger partial charge in [-0.15, -0.1) is 0 Å². The highest BCUT2D eigenvalue weighted by Gasteiger charge is 2.19. The Hall–Kier alpha value is -1.88. The molecule has 1 aromatic rings. The van der Waals surface area contributed by atoms with Gasteiger partial charge in [0.2, 0.25) is 11.8 Å². The number of hydrogen-bond donors (Lipinski definition) is 3. The van der Waals surface area contributed by atoms with Crippen LogP contribution in [0.5, 0.6) is 0 Å². The number of rotatable bonds is 5. The smallest absolute Gasteiger partial charge is 0.249 e. The summed E-state index contributed by atoms with van der Waals surface area (Å²) in [4.78, 5) is 22.2. The molecule has 0 aliphatic carbocycles. The number of aliphatic hydroxyl groups is 1. The first kappa shape index (κ1) is 13.2. The molecule has 5 nitrogen and oxygen atoms in total. The molecule has 0 heterocycles. The van der Waals surface area contributed by atoms with Crippen molar-refractivity contribution in [3.63, 3.8) is 0 Å². The van der Waals surface area contributed by atoms with E-state index in [2.05, 4.69) is 5.32 Å². The minimum Gasteiger partial charge on any atom is -0.383 e. The minimum atomic E-state index is -1.18. The predicted molar refractivity (Wildman–Crippen MR) is 63.0 cm³/mol. The first-order valence-electron chi connectivity index (χ1n) is 5.32. The minimum absolute atomic E-state index is 0.207. The van der Waals surface area contributed by atoms with Crippen LogP contribution in [0.4, 0.5) is 0 Å². The number of amides is 2. The van der Waals surface area contributed by atoms with Crippen molar-refractivity contribution in [2.45, 2.75) is 25.5 Å². The molecular weight excluding hydrogens is 220 g/mol. The Bertz CT molecular complexity index is 392. The summed E-state index contributed by atoms with van der Waals surface area (Å²) in [6, 6.07) is 8.35. The van der Waals surface area contributed by atoms with E-state index in [-0.39, 0.29) is 6.42 Å². The van der Waals surface area contributed by atoms with Crippen LogP contribution in [-0.4, -0.2) is 29.1 Å². The number of nitrogens with two attached hydrogens (primary N) is 1. The summed E-state index contributed by atoms with van der Waals surface area (Å²) >= 11 is 0. The summed E-state index contributed by atoms with van der Waals surface area (Å²) in [5.74, 6) is -1.23. The number of nitrogens with one attached hydrogen (secondary N) is 1. The third kappa shape index (κ3) is 4.24. The average Bonchev–Trinajstić information content (AvgIpc) is 2.29. The number of aliphatic hydroxyl groups excluding tert-OH is 1. The molecule has 0 spiro atoms. The van der Waals surface area contributed by atoms with Gasteiger partial charge in [-0.05, 0) is 12.5 Å². The maximum absolute atomic E-state index is 11.5. The quantitative estimate of drug-likeness (QED) is 0.648. The van der Waals surface area contributed by atoms with E-state index in [0.717, 1.165) is 5.56 Å². The lowest BCUT2D eigenvalue weighted by Crippen LogP contribution is -2.46. The molecule has 5 heteroatoms. The van der Waals surface area contributed by atoms with Gasteiger partial charge in [-0.2, -0.15) is 0 Å². The Morgan fingerprint density at radius 3 is 2.47 bits per heavy atom. The fourth-order valence-corrected chi connectivity index (χ4v) is 1.31. The molecule has 0 saturated carbocycles. The van der Waals surface area contributed by atoms with Crippen LogP contribution in [0, 0.1) is 0 Å². The number of hydrogen-bond acceptors (Lipinski definition) is 3. The molecule has 0 radical (unpaired) electrons. The topological polar surface area (TPSA) is 92.4 Å². The van der Waals surface area contributed by atoms with Gasteiger partial charge in [0.1, 0.15) is 12.1 Å². The summed E-state index contributed by atoms with van der Waals surface area (Å²) in [6.07, 6.45) is -0.975. The van der Waals surface area contributed by atoms with Gasteiger partial charge in [0.25, 0.3) is 0 Å². The third-order valence-electron chi connectivity index (χ3n) is 2.36. The van der Waals surface area contributed by atoms with Gasteiger partial charge in [-0.25, -0.2) is 0 Å². The summed E-state index contributed by atoms with van der Waals surface area (Å²) in [5.41, 5.74) is 5.85.